The van der Waals surface area contributed by atoms with E-state index in [0.717, 1.165) is 12.2 Å². The molecule has 62 valence electrons. The Hall–Kier alpha value is -0.640. The van der Waals surface area contributed by atoms with Gasteiger partial charge in [0.05, 0.1) is 0 Å². The van der Waals surface area contributed by atoms with Crippen molar-refractivity contribution in [1.29, 1.82) is 0 Å². The summed E-state index contributed by atoms with van der Waals surface area (Å²) in [7, 11) is 1.93. The fourth-order valence-corrected chi connectivity index (χ4v) is 1.08. The van der Waals surface area contributed by atoms with Crippen molar-refractivity contribution in [3.63, 3.8) is 0 Å². The highest BCUT2D eigenvalue weighted by Crippen LogP contribution is 2.03. The van der Waals surface area contributed by atoms with Crippen LogP contribution in [0.1, 0.15) is 19.7 Å². The minimum absolute atomic E-state index is 0.624. The molecule has 0 aliphatic carbocycles. The predicted octanol–water partition coefficient (Wildman–Crippen LogP) is 1.68. The smallest absolute Gasteiger partial charge is 0.194 e. The van der Waals surface area contributed by atoms with Crippen molar-refractivity contribution in [1.82, 2.24) is 14.8 Å². The zero-order valence-electron chi connectivity index (χ0n) is 7.09. The molecule has 0 fully saturated rings. The van der Waals surface area contributed by atoms with Crippen LogP contribution >= 0.6 is 12.2 Å². The van der Waals surface area contributed by atoms with Crippen LogP contribution in [0.5, 0.6) is 0 Å². The minimum atomic E-state index is 0.624. The molecule has 0 aliphatic rings. The van der Waals surface area contributed by atoms with E-state index in [9.17, 15) is 0 Å². The zero-order valence-corrected chi connectivity index (χ0v) is 7.90. The van der Waals surface area contributed by atoms with Gasteiger partial charge in [-0.2, -0.15) is 5.10 Å². The van der Waals surface area contributed by atoms with Gasteiger partial charge in [-0.05, 0) is 18.1 Å². The van der Waals surface area contributed by atoms with Crippen molar-refractivity contribution in [3.8, 4) is 0 Å². The average molecular weight is 171 g/mol. The third-order valence-corrected chi connectivity index (χ3v) is 1.93. The summed E-state index contributed by atoms with van der Waals surface area (Å²) in [6.45, 7) is 4.33. The lowest BCUT2D eigenvalue weighted by Gasteiger charge is -2.01. The highest BCUT2D eigenvalue weighted by Gasteiger charge is 2.03. The molecule has 0 unspecified atom stereocenters. The van der Waals surface area contributed by atoms with Gasteiger partial charge in [0.2, 0.25) is 0 Å². The number of aromatic nitrogens is 3. The van der Waals surface area contributed by atoms with Crippen LogP contribution in [0.15, 0.2) is 0 Å². The number of rotatable bonds is 2. The van der Waals surface area contributed by atoms with Crippen LogP contribution in [0.25, 0.3) is 0 Å². The van der Waals surface area contributed by atoms with E-state index in [4.69, 9.17) is 12.2 Å². The highest BCUT2D eigenvalue weighted by molar-refractivity contribution is 7.71. The molecule has 0 radical (unpaired) electrons. The fourth-order valence-electron chi connectivity index (χ4n) is 0.927. The molecule has 3 nitrogen and oxygen atoms in total. The minimum Gasteiger partial charge on any atom is -0.307 e. The lowest BCUT2D eigenvalue weighted by atomic mass is 10.1. The Balaban J connectivity index is 2.87. The van der Waals surface area contributed by atoms with Crippen molar-refractivity contribution < 1.29 is 0 Å². The van der Waals surface area contributed by atoms with Gasteiger partial charge in [-0.1, -0.05) is 13.8 Å². The molecule has 0 saturated heterocycles. The van der Waals surface area contributed by atoms with Crippen molar-refractivity contribution in [3.05, 3.63) is 10.6 Å². The van der Waals surface area contributed by atoms with Gasteiger partial charge in [-0.3, -0.25) is 5.10 Å². The van der Waals surface area contributed by atoms with E-state index < -0.39 is 0 Å². The summed E-state index contributed by atoms with van der Waals surface area (Å²) in [6.07, 6.45) is 0.976. The first-order chi connectivity index (χ1) is 5.11. The molecule has 4 heteroatoms. The summed E-state index contributed by atoms with van der Waals surface area (Å²) in [4.78, 5) is 0. The first-order valence-corrected chi connectivity index (χ1v) is 4.12. The topological polar surface area (TPSA) is 33.6 Å². The van der Waals surface area contributed by atoms with E-state index in [1.54, 1.807) is 0 Å². The Morgan fingerprint density at radius 1 is 1.64 bits per heavy atom. The van der Waals surface area contributed by atoms with E-state index in [1.807, 2.05) is 11.6 Å². The fraction of sp³-hybridized carbons (Fsp3) is 0.714. The zero-order chi connectivity index (χ0) is 8.43. The summed E-state index contributed by atoms with van der Waals surface area (Å²) < 4.78 is 2.61. The summed E-state index contributed by atoms with van der Waals surface area (Å²) in [5, 5.41) is 6.86. The van der Waals surface area contributed by atoms with E-state index >= 15 is 0 Å². The van der Waals surface area contributed by atoms with E-state index in [0.29, 0.717) is 10.7 Å². The first kappa shape index (κ1) is 8.46. The van der Waals surface area contributed by atoms with Crippen LogP contribution in [0.2, 0.25) is 0 Å². The number of nitrogens with one attached hydrogen (secondary N) is 1. The summed E-state index contributed by atoms with van der Waals surface area (Å²) >= 11 is 4.97. The van der Waals surface area contributed by atoms with Crippen molar-refractivity contribution in [2.24, 2.45) is 13.0 Å². The first-order valence-electron chi connectivity index (χ1n) is 3.71. The molecule has 1 heterocycles. The molecule has 1 aromatic rings. The maximum atomic E-state index is 4.97. The number of H-pyrrole nitrogens is 1. The van der Waals surface area contributed by atoms with Crippen LogP contribution < -0.4 is 0 Å². The van der Waals surface area contributed by atoms with Gasteiger partial charge in [0.1, 0.15) is 5.82 Å². The van der Waals surface area contributed by atoms with Gasteiger partial charge in [0.25, 0.3) is 0 Å². The van der Waals surface area contributed by atoms with E-state index in [-0.39, 0.29) is 0 Å². The Kier molecular flexibility index (Phi) is 2.44. The maximum absolute atomic E-state index is 4.97. The Bertz CT molecular complexity index is 284. The largest absolute Gasteiger partial charge is 0.307 e. The molecule has 0 bridgehead atoms. The van der Waals surface area contributed by atoms with Gasteiger partial charge in [0, 0.05) is 13.5 Å². The van der Waals surface area contributed by atoms with Gasteiger partial charge in [0.15, 0.2) is 4.77 Å². The summed E-state index contributed by atoms with van der Waals surface area (Å²) in [5.41, 5.74) is 0. The maximum Gasteiger partial charge on any atom is 0.194 e. The second-order valence-corrected chi connectivity index (χ2v) is 3.49. The molecule has 0 aromatic carbocycles. The predicted molar refractivity (Wildman–Crippen MR) is 46.9 cm³/mol. The molecule has 11 heavy (non-hydrogen) atoms. The summed E-state index contributed by atoms with van der Waals surface area (Å²) in [5.74, 6) is 1.66. The Labute approximate surface area is 71.4 Å². The third kappa shape index (κ3) is 1.89. The monoisotopic (exact) mass is 171 g/mol. The number of aromatic amines is 1. The lowest BCUT2D eigenvalue weighted by Crippen LogP contribution is -2.02. The molecule has 0 amide bonds. The van der Waals surface area contributed by atoms with Crippen LogP contribution in [-0.2, 0) is 13.5 Å². The van der Waals surface area contributed by atoms with Crippen LogP contribution in [-0.4, -0.2) is 14.8 Å². The molecule has 0 saturated carbocycles. The molecule has 0 spiro atoms. The van der Waals surface area contributed by atoms with E-state index in [2.05, 4.69) is 24.0 Å². The Morgan fingerprint density at radius 2 is 2.27 bits per heavy atom. The number of nitrogens with zero attached hydrogens (tertiary/aromatic N) is 2. The second kappa shape index (κ2) is 3.17. The van der Waals surface area contributed by atoms with Gasteiger partial charge in [-0.25, -0.2) is 0 Å². The van der Waals surface area contributed by atoms with Gasteiger partial charge >= 0.3 is 0 Å². The van der Waals surface area contributed by atoms with Gasteiger partial charge in [-0.15, -0.1) is 0 Å². The second-order valence-electron chi connectivity index (χ2n) is 3.10. The lowest BCUT2D eigenvalue weighted by molar-refractivity contribution is 0.600. The molecule has 0 aliphatic heterocycles. The molecule has 1 N–H and O–H groups in total. The standard InChI is InChI=1S/C7H13N3S/c1-5(2)4-6-8-9-7(11)10(6)3/h5H,4H2,1-3H3,(H,9,11). The molecule has 1 rings (SSSR count). The van der Waals surface area contributed by atoms with Crippen molar-refractivity contribution in [2.75, 3.05) is 0 Å². The normalized spacial score (nSPS) is 10.9. The quantitative estimate of drug-likeness (QED) is 0.687. The van der Waals surface area contributed by atoms with Crippen molar-refractivity contribution in [2.45, 2.75) is 20.3 Å². The van der Waals surface area contributed by atoms with Crippen LogP contribution in [0, 0.1) is 10.7 Å². The molecular weight excluding hydrogens is 158 g/mol. The number of hydrogen-bond donors (Lipinski definition) is 1. The SMILES string of the molecule is CC(C)Cc1n[nH]c(=S)n1C. The number of hydrogen-bond acceptors (Lipinski definition) is 2. The molecule has 0 atom stereocenters. The highest BCUT2D eigenvalue weighted by atomic mass is 32.1. The summed E-state index contributed by atoms with van der Waals surface area (Å²) in [6, 6.07) is 0. The van der Waals surface area contributed by atoms with Gasteiger partial charge < -0.3 is 4.57 Å². The van der Waals surface area contributed by atoms with Crippen LogP contribution in [0.3, 0.4) is 0 Å². The average Bonchev–Trinajstić information content (AvgIpc) is 2.18. The molecular formula is C7H13N3S. The van der Waals surface area contributed by atoms with E-state index in [1.165, 1.54) is 0 Å². The molecule has 1 aromatic heterocycles. The van der Waals surface area contributed by atoms with Crippen molar-refractivity contribution >= 4 is 12.2 Å². The van der Waals surface area contributed by atoms with Crippen LogP contribution in [0.4, 0.5) is 0 Å². The third-order valence-electron chi connectivity index (χ3n) is 1.56. The Morgan fingerprint density at radius 3 is 2.64 bits per heavy atom.